The predicted octanol–water partition coefficient (Wildman–Crippen LogP) is 3.48. The number of nitrogens with one attached hydrogen (secondary N) is 2. The van der Waals surface area contributed by atoms with Crippen LogP contribution in [0.1, 0.15) is 20.9 Å². The number of carbonyl (C=O) groups excluding carboxylic acids is 1. The molecular formula is C19H13N3O5. The average molecular weight is 363 g/mol. The van der Waals surface area contributed by atoms with Crippen molar-refractivity contribution in [3.63, 3.8) is 0 Å². The number of hydrogen-bond acceptors (Lipinski definition) is 5. The maximum absolute atomic E-state index is 12.4. The molecule has 0 spiro atoms. The third kappa shape index (κ3) is 3.11. The van der Waals surface area contributed by atoms with Crippen molar-refractivity contribution in [1.82, 2.24) is 10.2 Å². The molecule has 0 bridgehead atoms. The second-order valence-electron chi connectivity index (χ2n) is 5.80. The molecule has 0 radical (unpaired) electrons. The minimum Gasteiger partial charge on any atom is -0.508 e. The summed E-state index contributed by atoms with van der Waals surface area (Å²) in [6.07, 6.45) is 0. The van der Waals surface area contributed by atoms with Crippen LogP contribution in [-0.4, -0.2) is 32.3 Å². The molecule has 0 atom stereocenters. The van der Waals surface area contributed by atoms with Crippen molar-refractivity contribution < 1.29 is 24.2 Å². The number of benzene rings is 2. The molecule has 0 aliphatic rings. The normalized spacial score (nSPS) is 10.8. The summed E-state index contributed by atoms with van der Waals surface area (Å²) < 4.78 is 5.32. The molecule has 27 heavy (non-hydrogen) atoms. The lowest BCUT2D eigenvalue weighted by Gasteiger charge is -2.03. The number of nitrogens with zero attached hydrogens (tertiary/aromatic N) is 1. The van der Waals surface area contributed by atoms with Crippen molar-refractivity contribution in [2.24, 2.45) is 0 Å². The highest BCUT2D eigenvalue weighted by atomic mass is 16.4. The largest absolute Gasteiger partial charge is 0.508 e. The molecule has 4 aromatic rings. The van der Waals surface area contributed by atoms with Gasteiger partial charge in [0.1, 0.15) is 11.5 Å². The Morgan fingerprint density at radius 3 is 2.52 bits per heavy atom. The van der Waals surface area contributed by atoms with E-state index in [1.807, 2.05) is 0 Å². The van der Waals surface area contributed by atoms with Crippen LogP contribution in [0, 0.1) is 0 Å². The smallest absolute Gasteiger partial charge is 0.371 e. The number of carbonyl (C=O) groups is 2. The zero-order valence-corrected chi connectivity index (χ0v) is 13.8. The SMILES string of the molecule is O=C(Nc1n[nH]c2ccc(-c3ccc(C(=O)O)o3)cc12)c1ccc(O)cc1. The first-order valence-corrected chi connectivity index (χ1v) is 7.93. The van der Waals surface area contributed by atoms with Crippen LogP contribution in [0.5, 0.6) is 5.75 Å². The number of fused-ring (bicyclic) bond motifs is 1. The van der Waals surface area contributed by atoms with Crippen LogP contribution < -0.4 is 5.32 Å². The van der Waals surface area contributed by atoms with Crippen molar-refractivity contribution in [3.05, 3.63) is 65.9 Å². The van der Waals surface area contributed by atoms with Gasteiger partial charge in [0, 0.05) is 16.5 Å². The standard InChI is InChI=1S/C19H13N3O5/c23-12-4-1-10(2-5-12)18(24)20-17-13-9-11(3-6-14(13)21-22-17)15-7-8-16(27-15)19(25)26/h1-9,23H,(H,25,26)(H2,20,21,22,24). The third-order valence-electron chi connectivity index (χ3n) is 4.03. The van der Waals surface area contributed by atoms with Crippen LogP contribution in [0.4, 0.5) is 5.82 Å². The van der Waals surface area contributed by atoms with E-state index < -0.39 is 5.97 Å². The number of aromatic nitrogens is 2. The molecule has 0 unspecified atom stereocenters. The van der Waals surface area contributed by atoms with Gasteiger partial charge in [-0.15, -0.1) is 0 Å². The fourth-order valence-electron chi connectivity index (χ4n) is 2.66. The molecule has 4 rings (SSSR count). The first kappa shape index (κ1) is 16.4. The van der Waals surface area contributed by atoms with Crippen LogP contribution in [0.15, 0.2) is 59.0 Å². The number of amides is 1. The zero-order chi connectivity index (χ0) is 19.0. The summed E-state index contributed by atoms with van der Waals surface area (Å²) in [6.45, 7) is 0. The lowest BCUT2D eigenvalue weighted by molar-refractivity contribution is 0.0663. The number of rotatable bonds is 4. The fraction of sp³-hybridized carbons (Fsp3) is 0. The second-order valence-corrected chi connectivity index (χ2v) is 5.80. The quantitative estimate of drug-likeness (QED) is 0.439. The van der Waals surface area contributed by atoms with Crippen molar-refractivity contribution in [3.8, 4) is 17.1 Å². The van der Waals surface area contributed by atoms with E-state index in [1.54, 1.807) is 24.3 Å². The van der Waals surface area contributed by atoms with Gasteiger partial charge >= 0.3 is 5.97 Å². The number of anilines is 1. The first-order chi connectivity index (χ1) is 13.0. The Hall–Kier alpha value is -4.07. The maximum atomic E-state index is 12.4. The number of phenolic OH excluding ortho intramolecular Hbond substituents is 1. The number of aromatic amines is 1. The summed E-state index contributed by atoms with van der Waals surface area (Å²) in [6, 6.07) is 14.1. The number of furan rings is 1. The van der Waals surface area contributed by atoms with Crippen LogP contribution in [-0.2, 0) is 0 Å². The highest BCUT2D eigenvalue weighted by Gasteiger charge is 2.14. The van der Waals surface area contributed by atoms with Gasteiger partial charge in [-0.1, -0.05) is 0 Å². The molecular weight excluding hydrogens is 350 g/mol. The van der Waals surface area contributed by atoms with E-state index in [0.29, 0.717) is 33.6 Å². The second kappa shape index (κ2) is 6.34. The van der Waals surface area contributed by atoms with Gasteiger partial charge in [0.15, 0.2) is 5.82 Å². The minimum absolute atomic E-state index is 0.0700. The molecule has 0 saturated heterocycles. The summed E-state index contributed by atoms with van der Waals surface area (Å²) >= 11 is 0. The van der Waals surface area contributed by atoms with Gasteiger partial charge in [0.25, 0.3) is 5.91 Å². The van der Waals surface area contributed by atoms with E-state index in [4.69, 9.17) is 9.52 Å². The van der Waals surface area contributed by atoms with Gasteiger partial charge in [-0.05, 0) is 54.6 Å². The van der Waals surface area contributed by atoms with Crippen molar-refractivity contribution >= 4 is 28.6 Å². The Bertz CT molecular complexity index is 1160. The van der Waals surface area contributed by atoms with Crippen LogP contribution >= 0.6 is 0 Å². The maximum Gasteiger partial charge on any atom is 0.371 e. The predicted molar refractivity (Wildman–Crippen MR) is 96.8 cm³/mol. The molecule has 4 N–H and O–H groups in total. The van der Waals surface area contributed by atoms with E-state index in [-0.39, 0.29) is 17.4 Å². The number of hydrogen-bond donors (Lipinski definition) is 4. The lowest BCUT2D eigenvalue weighted by atomic mass is 10.1. The van der Waals surface area contributed by atoms with E-state index in [1.165, 1.54) is 30.3 Å². The summed E-state index contributed by atoms with van der Waals surface area (Å²) in [7, 11) is 0. The van der Waals surface area contributed by atoms with Crippen molar-refractivity contribution in [1.29, 1.82) is 0 Å². The van der Waals surface area contributed by atoms with Crippen LogP contribution in [0.3, 0.4) is 0 Å². The molecule has 2 aromatic carbocycles. The van der Waals surface area contributed by atoms with Gasteiger partial charge in [0.05, 0.1) is 5.52 Å². The summed E-state index contributed by atoms with van der Waals surface area (Å²) in [5.74, 6) is -0.882. The van der Waals surface area contributed by atoms with Gasteiger partial charge in [-0.3, -0.25) is 9.89 Å². The Kier molecular flexibility index (Phi) is 3.85. The van der Waals surface area contributed by atoms with E-state index >= 15 is 0 Å². The molecule has 0 aliphatic heterocycles. The number of H-pyrrole nitrogens is 1. The monoisotopic (exact) mass is 363 g/mol. The lowest BCUT2D eigenvalue weighted by Crippen LogP contribution is -2.12. The summed E-state index contributed by atoms with van der Waals surface area (Å²) in [5.41, 5.74) is 1.72. The molecule has 0 fully saturated rings. The first-order valence-electron chi connectivity index (χ1n) is 7.93. The van der Waals surface area contributed by atoms with E-state index in [9.17, 15) is 14.7 Å². The van der Waals surface area contributed by atoms with Gasteiger partial charge in [-0.2, -0.15) is 5.10 Å². The molecule has 8 heteroatoms. The number of carboxylic acid groups (broad SMARTS) is 1. The minimum atomic E-state index is -1.15. The molecule has 8 nitrogen and oxygen atoms in total. The van der Waals surface area contributed by atoms with Gasteiger partial charge < -0.3 is 19.9 Å². The zero-order valence-electron chi connectivity index (χ0n) is 13.8. The van der Waals surface area contributed by atoms with Crippen LogP contribution in [0.25, 0.3) is 22.2 Å². The Morgan fingerprint density at radius 1 is 1.04 bits per heavy atom. The Morgan fingerprint density at radius 2 is 1.81 bits per heavy atom. The molecule has 134 valence electrons. The molecule has 1 amide bonds. The number of aromatic carboxylic acids is 1. The van der Waals surface area contributed by atoms with E-state index in [0.717, 1.165) is 0 Å². The number of aromatic hydroxyl groups is 1. The highest BCUT2D eigenvalue weighted by Crippen LogP contribution is 2.29. The Balaban J connectivity index is 1.66. The summed E-state index contributed by atoms with van der Waals surface area (Å²) in [5, 5.41) is 28.6. The van der Waals surface area contributed by atoms with Crippen molar-refractivity contribution in [2.45, 2.75) is 0 Å². The van der Waals surface area contributed by atoms with Crippen LogP contribution in [0.2, 0.25) is 0 Å². The number of phenols is 1. The molecule has 0 aliphatic carbocycles. The highest BCUT2D eigenvalue weighted by molar-refractivity contribution is 6.08. The van der Waals surface area contributed by atoms with Gasteiger partial charge in [0.2, 0.25) is 5.76 Å². The topological polar surface area (TPSA) is 128 Å². The molecule has 2 heterocycles. The van der Waals surface area contributed by atoms with Gasteiger partial charge in [-0.25, -0.2) is 4.79 Å². The average Bonchev–Trinajstić information content (AvgIpc) is 3.29. The summed E-state index contributed by atoms with van der Waals surface area (Å²) in [4.78, 5) is 23.3. The molecule has 0 saturated carbocycles. The Labute approximate surface area is 152 Å². The van der Waals surface area contributed by atoms with Crippen molar-refractivity contribution in [2.75, 3.05) is 5.32 Å². The molecule has 2 aromatic heterocycles. The fourth-order valence-corrected chi connectivity index (χ4v) is 2.66. The third-order valence-corrected chi connectivity index (χ3v) is 4.03. The van der Waals surface area contributed by atoms with E-state index in [2.05, 4.69) is 15.5 Å². The number of carboxylic acids is 1.